The molecule has 3 heteroatoms. The van der Waals surface area contributed by atoms with Crippen LogP contribution in [0.1, 0.15) is 6.42 Å². The fourth-order valence-electron chi connectivity index (χ4n) is 1.14. The van der Waals surface area contributed by atoms with E-state index in [4.69, 9.17) is 4.74 Å². The zero-order chi connectivity index (χ0) is 7.40. The second kappa shape index (κ2) is 4.31. The first-order valence-electron chi connectivity index (χ1n) is 3.68. The first-order valence-corrected chi connectivity index (χ1v) is 4.80. The van der Waals surface area contributed by atoms with Gasteiger partial charge in [-0.2, -0.15) is 0 Å². The molecule has 0 spiro atoms. The fraction of sp³-hybridized carbons (Fsp3) is 1.00. The zero-order valence-electron chi connectivity index (χ0n) is 6.35. The third kappa shape index (κ3) is 2.22. The van der Waals surface area contributed by atoms with Gasteiger partial charge in [0.15, 0.2) is 0 Å². The Morgan fingerprint density at radius 1 is 1.60 bits per heavy atom. The van der Waals surface area contributed by atoms with Crippen molar-refractivity contribution in [3.05, 3.63) is 0 Å². The maximum absolute atomic E-state index is 5.14. The maximum atomic E-state index is 5.14. The summed E-state index contributed by atoms with van der Waals surface area (Å²) in [7, 11) is 1.78. The summed E-state index contributed by atoms with van der Waals surface area (Å²) in [6.45, 7) is 3.47. The summed E-state index contributed by atoms with van der Waals surface area (Å²) in [4.78, 5) is 2.41. The van der Waals surface area contributed by atoms with Gasteiger partial charge in [0.25, 0.3) is 0 Å². The van der Waals surface area contributed by atoms with Crippen LogP contribution in [0.5, 0.6) is 0 Å². The van der Waals surface area contributed by atoms with Crippen molar-refractivity contribution in [1.29, 1.82) is 0 Å². The van der Waals surface area contributed by atoms with Crippen molar-refractivity contribution in [2.45, 2.75) is 12.5 Å². The van der Waals surface area contributed by atoms with Crippen LogP contribution in [-0.4, -0.2) is 43.1 Å². The Bertz CT molecular complexity index is 90.9. The second-order valence-corrected chi connectivity index (χ2v) is 3.45. The van der Waals surface area contributed by atoms with E-state index in [1.54, 1.807) is 7.11 Å². The molecule has 0 aliphatic carbocycles. The van der Waals surface area contributed by atoms with Gasteiger partial charge in [0.1, 0.15) is 0 Å². The third-order valence-corrected chi connectivity index (χ3v) is 2.43. The molecule has 1 rings (SSSR count). The molecule has 2 nitrogen and oxygen atoms in total. The molecule has 0 N–H and O–H groups in total. The lowest BCUT2D eigenvalue weighted by Crippen LogP contribution is -2.51. The van der Waals surface area contributed by atoms with Crippen LogP contribution in [0.3, 0.4) is 0 Å². The largest absolute Gasteiger partial charge is 0.379 e. The van der Waals surface area contributed by atoms with Crippen LogP contribution in [0, 0.1) is 0 Å². The lowest BCUT2D eigenvalue weighted by molar-refractivity contribution is -0.0287. The van der Waals surface area contributed by atoms with E-state index >= 15 is 0 Å². The molecular weight excluding hydrogens is 194 g/mol. The van der Waals surface area contributed by atoms with E-state index in [1.807, 2.05) is 0 Å². The van der Waals surface area contributed by atoms with Crippen molar-refractivity contribution in [3.8, 4) is 0 Å². The number of halogens is 1. The minimum atomic E-state index is 0.510. The predicted molar refractivity (Wildman–Crippen MR) is 45.6 cm³/mol. The molecule has 1 fully saturated rings. The van der Waals surface area contributed by atoms with Gasteiger partial charge >= 0.3 is 0 Å². The molecule has 0 aromatic heterocycles. The van der Waals surface area contributed by atoms with Crippen molar-refractivity contribution >= 4 is 15.9 Å². The second-order valence-electron chi connectivity index (χ2n) is 2.66. The Morgan fingerprint density at radius 2 is 2.30 bits per heavy atom. The number of hydrogen-bond acceptors (Lipinski definition) is 2. The van der Waals surface area contributed by atoms with Crippen LogP contribution < -0.4 is 0 Å². The summed E-state index contributed by atoms with van der Waals surface area (Å²) < 4.78 is 5.14. The molecule has 1 saturated heterocycles. The minimum Gasteiger partial charge on any atom is -0.379 e. The van der Waals surface area contributed by atoms with Gasteiger partial charge in [-0.15, -0.1) is 0 Å². The van der Waals surface area contributed by atoms with Crippen LogP contribution in [0.2, 0.25) is 0 Å². The van der Waals surface area contributed by atoms with Crippen LogP contribution in [-0.2, 0) is 4.74 Å². The topological polar surface area (TPSA) is 12.5 Å². The molecule has 0 aromatic rings. The lowest BCUT2D eigenvalue weighted by atomic mass is 10.1. The Balaban J connectivity index is 1.93. The molecular formula is C7H14BrNO. The van der Waals surface area contributed by atoms with Gasteiger partial charge in [0, 0.05) is 25.5 Å². The van der Waals surface area contributed by atoms with Crippen LogP contribution in [0.4, 0.5) is 0 Å². The molecule has 0 radical (unpaired) electrons. The normalized spacial score (nSPS) is 21.0. The summed E-state index contributed by atoms with van der Waals surface area (Å²) in [6.07, 6.45) is 1.76. The number of nitrogens with zero attached hydrogens (tertiary/aromatic N) is 1. The van der Waals surface area contributed by atoms with Crippen molar-refractivity contribution in [1.82, 2.24) is 4.90 Å². The summed E-state index contributed by atoms with van der Waals surface area (Å²) in [6, 6.07) is 0. The van der Waals surface area contributed by atoms with Gasteiger partial charge in [0.05, 0.1) is 6.10 Å². The van der Waals surface area contributed by atoms with Crippen molar-refractivity contribution in [3.63, 3.8) is 0 Å². The number of rotatable bonds is 4. The summed E-state index contributed by atoms with van der Waals surface area (Å²) >= 11 is 3.41. The Labute approximate surface area is 70.7 Å². The van der Waals surface area contributed by atoms with E-state index < -0.39 is 0 Å². The van der Waals surface area contributed by atoms with Gasteiger partial charge in [-0.3, -0.25) is 4.90 Å². The van der Waals surface area contributed by atoms with E-state index in [0.717, 1.165) is 18.4 Å². The zero-order valence-corrected chi connectivity index (χ0v) is 7.93. The van der Waals surface area contributed by atoms with Crippen LogP contribution in [0.15, 0.2) is 0 Å². The first-order chi connectivity index (χ1) is 4.86. The highest BCUT2D eigenvalue weighted by atomic mass is 79.9. The van der Waals surface area contributed by atoms with Gasteiger partial charge < -0.3 is 4.74 Å². The van der Waals surface area contributed by atoms with E-state index in [9.17, 15) is 0 Å². The first kappa shape index (κ1) is 8.50. The van der Waals surface area contributed by atoms with E-state index in [1.165, 1.54) is 13.0 Å². The molecule has 10 heavy (non-hydrogen) atoms. The summed E-state index contributed by atoms with van der Waals surface area (Å²) in [5.74, 6) is 0. The molecule has 1 aliphatic rings. The van der Waals surface area contributed by atoms with Gasteiger partial charge in [-0.1, -0.05) is 15.9 Å². The Hall–Kier alpha value is 0.400. The minimum absolute atomic E-state index is 0.510. The van der Waals surface area contributed by atoms with E-state index in [2.05, 4.69) is 20.8 Å². The Morgan fingerprint density at radius 3 is 2.80 bits per heavy atom. The molecule has 0 atom stereocenters. The Kier molecular flexibility index (Phi) is 3.66. The molecule has 0 aromatic carbocycles. The van der Waals surface area contributed by atoms with Crippen molar-refractivity contribution in [2.75, 3.05) is 32.1 Å². The van der Waals surface area contributed by atoms with Gasteiger partial charge in [-0.05, 0) is 13.0 Å². The molecule has 0 amide bonds. The van der Waals surface area contributed by atoms with E-state index in [0.29, 0.717) is 6.10 Å². The standard InChI is InChI=1S/C7H14BrNO/c1-10-7-5-9(6-7)4-2-3-8/h7H,2-6H2,1H3. The smallest absolute Gasteiger partial charge is 0.0824 e. The molecule has 0 unspecified atom stereocenters. The summed E-state index contributed by atoms with van der Waals surface area (Å²) in [5, 5.41) is 1.11. The summed E-state index contributed by atoms with van der Waals surface area (Å²) in [5.41, 5.74) is 0. The third-order valence-electron chi connectivity index (χ3n) is 1.86. The van der Waals surface area contributed by atoms with Crippen LogP contribution >= 0.6 is 15.9 Å². The molecule has 1 aliphatic heterocycles. The number of likely N-dealkylation sites (tertiary alicyclic amines) is 1. The van der Waals surface area contributed by atoms with Crippen molar-refractivity contribution in [2.24, 2.45) is 0 Å². The van der Waals surface area contributed by atoms with E-state index in [-0.39, 0.29) is 0 Å². The molecule has 60 valence electrons. The van der Waals surface area contributed by atoms with Gasteiger partial charge in [0.2, 0.25) is 0 Å². The maximum Gasteiger partial charge on any atom is 0.0824 e. The quantitative estimate of drug-likeness (QED) is 0.641. The number of methoxy groups -OCH3 is 1. The average Bonchev–Trinajstić information content (AvgIpc) is 1.86. The predicted octanol–water partition coefficient (Wildman–Crippen LogP) is 1.10. The number of alkyl halides is 1. The highest BCUT2D eigenvalue weighted by Gasteiger charge is 2.24. The highest BCUT2D eigenvalue weighted by molar-refractivity contribution is 9.09. The lowest BCUT2D eigenvalue weighted by Gasteiger charge is -2.37. The van der Waals surface area contributed by atoms with Gasteiger partial charge in [-0.25, -0.2) is 0 Å². The number of hydrogen-bond donors (Lipinski definition) is 0. The molecule has 0 bridgehead atoms. The molecule has 1 heterocycles. The van der Waals surface area contributed by atoms with Crippen molar-refractivity contribution < 1.29 is 4.74 Å². The highest BCUT2D eigenvalue weighted by Crippen LogP contribution is 2.10. The molecule has 0 saturated carbocycles. The average molecular weight is 208 g/mol. The number of ether oxygens (including phenoxy) is 1. The van der Waals surface area contributed by atoms with Crippen LogP contribution in [0.25, 0.3) is 0 Å². The fourth-order valence-corrected chi connectivity index (χ4v) is 1.39. The monoisotopic (exact) mass is 207 g/mol. The SMILES string of the molecule is COC1CN(CCCBr)C1.